The van der Waals surface area contributed by atoms with Gasteiger partial charge in [0.25, 0.3) is 0 Å². The molecule has 0 aliphatic heterocycles. The van der Waals surface area contributed by atoms with Gasteiger partial charge in [0, 0.05) is 21.9 Å². The molecule has 0 aromatic heterocycles. The molecule has 0 rings (SSSR count). The Morgan fingerprint density at radius 3 is 2.00 bits per heavy atom. The average molecular weight is 499 g/mol. The number of hydrogen-bond acceptors (Lipinski definition) is 5. The third-order valence-electron chi connectivity index (χ3n) is 4.51. The molecule has 0 aliphatic rings. The van der Waals surface area contributed by atoms with Gasteiger partial charge >= 0.3 is 12.3 Å². The number of aliphatic hydroxyl groups excluding tert-OH is 1. The van der Waals surface area contributed by atoms with Crippen LogP contribution in [0.5, 0.6) is 0 Å². The van der Waals surface area contributed by atoms with Crippen molar-refractivity contribution in [3.8, 4) is 0 Å². The van der Waals surface area contributed by atoms with E-state index in [9.17, 15) is 14.5 Å². The van der Waals surface area contributed by atoms with Crippen molar-refractivity contribution in [1.82, 2.24) is 0 Å². The van der Waals surface area contributed by atoms with Gasteiger partial charge in [-0.1, -0.05) is 70.4 Å². The lowest BCUT2D eigenvalue weighted by Gasteiger charge is -2.12. The van der Waals surface area contributed by atoms with E-state index in [1.807, 2.05) is 0 Å². The molecule has 2 unspecified atom stereocenters. The lowest BCUT2D eigenvalue weighted by atomic mass is 10.1. The number of carbonyl (C=O) groups is 1. The van der Waals surface area contributed by atoms with E-state index in [1.165, 1.54) is 57.8 Å². The minimum atomic E-state index is -3.81. The number of carbonyl (C=O) groups excluding carboxylic acids is 1. The number of aliphatic hydroxyl groups is 1. The first-order chi connectivity index (χ1) is 13.8. The summed E-state index contributed by atoms with van der Waals surface area (Å²) >= 11 is 2.44. The first-order valence-corrected chi connectivity index (χ1v) is 14.6. The molecule has 0 radical (unpaired) electrons. The summed E-state index contributed by atoms with van der Waals surface area (Å²) in [6.45, 7) is 1.63. The summed E-state index contributed by atoms with van der Waals surface area (Å²) in [6.07, 6.45) is 15.6. The Kier molecular flexibility index (Phi) is 19.6. The van der Waals surface area contributed by atoms with E-state index in [-0.39, 0.29) is 19.2 Å². The fraction of sp³-hybridized carbons (Fsp3) is 0.857. The van der Waals surface area contributed by atoms with E-state index < -0.39 is 12.4 Å². The second kappa shape index (κ2) is 19.7. The zero-order valence-electron chi connectivity index (χ0n) is 17.9. The van der Waals surface area contributed by atoms with Gasteiger partial charge in [0.2, 0.25) is 0 Å². The number of rotatable bonds is 20. The largest absolute Gasteiger partial charge is 0.463 e. The molecule has 29 heavy (non-hydrogen) atoms. The normalized spacial score (nSPS) is 14.8. The summed E-state index contributed by atoms with van der Waals surface area (Å²) in [6, 6.07) is 0. The number of esters is 1. The molecule has 172 valence electrons. The van der Waals surface area contributed by atoms with Crippen LogP contribution in [0.25, 0.3) is 0 Å². The maximum absolute atomic E-state index is 11.6. The molecule has 2 N–H and O–H groups in total. The van der Waals surface area contributed by atoms with E-state index in [0.717, 1.165) is 25.7 Å². The highest BCUT2D eigenvalue weighted by Crippen LogP contribution is 2.50. The second-order valence-corrected chi connectivity index (χ2v) is 11.3. The molecule has 0 aromatic carbocycles. The number of halogens is 1. The fourth-order valence-corrected chi connectivity index (χ4v) is 3.54. The van der Waals surface area contributed by atoms with Crippen molar-refractivity contribution >= 4 is 27.8 Å². The van der Waals surface area contributed by atoms with Crippen molar-refractivity contribution in [1.29, 1.82) is 0 Å². The van der Waals surface area contributed by atoms with Crippen LogP contribution in [0.2, 0.25) is 0 Å². The molecule has 6 nitrogen and oxygen atoms in total. The zero-order chi connectivity index (χ0) is 21.8. The van der Waals surface area contributed by atoms with E-state index >= 15 is 0 Å². The molecule has 0 heterocycles. The smallest absolute Gasteiger partial charge is 0.393 e. The van der Waals surface area contributed by atoms with Crippen LogP contribution >= 0.6 is 21.8 Å². The van der Waals surface area contributed by atoms with Gasteiger partial charge in [-0.3, -0.25) is 9.32 Å². The topological polar surface area (TPSA) is 93.1 Å². The highest BCUT2D eigenvalue weighted by atomic mass is 79.9. The molecule has 0 amide bonds. The predicted molar refractivity (Wildman–Crippen MR) is 121 cm³/mol. The maximum atomic E-state index is 11.6. The number of hydrogen-bond donors (Lipinski definition) is 2. The van der Waals surface area contributed by atoms with Gasteiger partial charge in [0.05, 0.1) is 6.61 Å². The Labute approximate surface area is 184 Å². The van der Waals surface area contributed by atoms with Crippen molar-refractivity contribution in [2.24, 2.45) is 0 Å². The van der Waals surface area contributed by atoms with Crippen molar-refractivity contribution in [3.05, 3.63) is 12.2 Å². The van der Waals surface area contributed by atoms with Crippen LogP contribution < -0.4 is 0 Å². The Morgan fingerprint density at radius 2 is 1.45 bits per heavy atom. The third kappa shape index (κ3) is 23.9. The Bertz CT molecular complexity index is 466. The van der Waals surface area contributed by atoms with Crippen LogP contribution in [0.3, 0.4) is 0 Å². The van der Waals surface area contributed by atoms with Crippen molar-refractivity contribution in [2.75, 3.05) is 13.2 Å². The average Bonchev–Trinajstić information content (AvgIpc) is 2.67. The minimum absolute atomic E-state index is 0.239. The van der Waals surface area contributed by atoms with Gasteiger partial charge in [-0.2, -0.15) is 0 Å². The van der Waals surface area contributed by atoms with E-state index in [1.54, 1.807) is 0 Å². The molecule has 0 aliphatic carbocycles. The Morgan fingerprint density at radius 1 is 0.931 bits per heavy atom. The van der Waals surface area contributed by atoms with Crippen LogP contribution in [0, 0.1) is 0 Å². The number of allylic oxidation sites excluding steroid dienone is 2. The van der Waals surface area contributed by atoms with Gasteiger partial charge in [0.15, 0.2) is 0 Å². The highest BCUT2D eigenvalue weighted by Gasteiger charge is 2.17. The van der Waals surface area contributed by atoms with Gasteiger partial charge < -0.3 is 14.7 Å². The number of ether oxygens (including phenoxy) is 1. The lowest BCUT2D eigenvalue weighted by Crippen LogP contribution is -2.22. The van der Waals surface area contributed by atoms with Crippen LogP contribution in [0.15, 0.2) is 12.2 Å². The SMILES string of the molecule is CCCCCCCC/C=C\CCCCCCCC(=O)OCC(O)COP(=O)(O)Br. The third-order valence-corrected chi connectivity index (χ3v) is 5.59. The second-order valence-electron chi connectivity index (χ2n) is 7.42. The van der Waals surface area contributed by atoms with Gasteiger partial charge in [-0.05, 0) is 32.1 Å². The van der Waals surface area contributed by atoms with Crippen molar-refractivity contribution in [2.45, 2.75) is 103 Å². The first kappa shape index (κ1) is 28.8. The van der Waals surface area contributed by atoms with Crippen LogP contribution in [-0.4, -0.2) is 35.3 Å². The molecular formula is C21H40BrO6P. The van der Waals surface area contributed by atoms with E-state index in [4.69, 9.17) is 9.63 Å². The molecule has 0 aromatic rings. The summed E-state index contributed by atoms with van der Waals surface area (Å²) in [4.78, 5) is 20.5. The molecule has 0 fully saturated rings. The zero-order valence-corrected chi connectivity index (χ0v) is 20.4. The van der Waals surface area contributed by atoms with E-state index in [0.29, 0.717) is 6.42 Å². The van der Waals surface area contributed by atoms with Gasteiger partial charge in [0.1, 0.15) is 12.7 Å². The summed E-state index contributed by atoms with van der Waals surface area (Å²) in [5.41, 5.74) is 0. The standard InChI is InChI=1S/C21H40BrO6P/c1-2-3-4-5-6-7-8-9-10-11-12-13-14-15-16-17-21(24)27-18-20(23)19-28-29(22,25)26/h9-10,20,23H,2-8,11-19H2,1H3,(H,25,26)/b10-9-. The molecular weight excluding hydrogens is 459 g/mol. The van der Waals surface area contributed by atoms with Gasteiger partial charge in [-0.25, -0.2) is 4.57 Å². The Balaban J connectivity index is 3.38. The lowest BCUT2D eigenvalue weighted by molar-refractivity contribution is -0.147. The summed E-state index contributed by atoms with van der Waals surface area (Å²) < 4.78 is 20.3. The van der Waals surface area contributed by atoms with Crippen LogP contribution in [0.1, 0.15) is 96.8 Å². The summed E-state index contributed by atoms with van der Waals surface area (Å²) in [5, 5.41) is 9.50. The monoisotopic (exact) mass is 498 g/mol. The fourth-order valence-electron chi connectivity index (χ4n) is 2.83. The molecule has 0 saturated carbocycles. The van der Waals surface area contributed by atoms with Crippen LogP contribution in [0.4, 0.5) is 0 Å². The quantitative estimate of drug-likeness (QED) is 0.0867. The predicted octanol–water partition coefficient (Wildman–Crippen LogP) is 6.44. The molecule has 8 heteroatoms. The molecule has 0 spiro atoms. The first-order valence-electron chi connectivity index (χ1n) is 11.0. The summed E-state index contributed by atoms with van der Waals surface area (Å²) in [5.74, 6) is -0.368. The van der Waals surface area contributed by atoms with Crippen molar-refractivity contribution in [3.63, 3.8) is 0 Å². The number of unbranched alkanes of at least 4 members (excludes halogenated alkanes) is 11. The highest BCUT2D eigenvalue weighted by molar-refractivity contribution is 9.39. The summed E-state index contributed by atoms with van der Waals surface area (Å²) in [7, 11) is 0. The maximum Gasteiger partial charge on any atom is 0.393 e. The van der Waals surface area contributed by atoms with Crippen molar-refractivity contribution < 1.29 is 28.6 Å². The van der Waals surface area contributed by atoms with Gasteiger partial charge in [-0.15, -0.1) is 0 Å². The van der Waals surface area contributed by atoms with E-state index in [2.05, 4.69) is 39.1 Å². The molecule has 2 atom stereocenters. The molecule has 0 bridgehead atoms. The molecule has 0 saturated heterocycles. The Hall–Kier alpha value is -0.200. The minimum Gasteiger partial charge on any atom is -0.463 e. The van der Waals surface area contributed by atoms with Crippen LogP contribution in [-0.2, 0) is 18.6 Å².